The molecule has 2 aromatic carbocycles. The summed E-state index contributed by atoms with van der Waals surface area (Å²) in [7, 11) is 0. The summed E-state index contributed by atoms with van der Waals surface area (Å²) < 4.78 is 0. The van der Waals surface area contributed by atoms with Gasteiger partial charge in [-0.25, -0.2) is 0 Å². The number of anilines is 1. The molecular weight excluding hydrogens is 497 g/mol. The lowest BCUT2D eigenvalue weighted by molar-refractivity contribution is -0.113. The number of hydrogen-bond acceptors (Lipinski definition) is 4. The number of aliphatic hydroxyl groups is 1. The second kappa shape index (κ2) is 15.2. The van der Waals surface area contributed by atoms with Gasteiger partial charge in [0, 0.05) is 34.9 Å². The molecule has 0 radical (unpaired) electrons. The zero-order chi connectivity index (χ0) is 27.4. The van der Waals surface area contributed by atoms with Crippen molar-refractivity contribution in [2.45, 2.75) is 78.5 Å². The Morgan fingerprint density at radius 2 is 1.67 bits per heavy atom. The van der Waals surface area contributed by atoms with Gasteiger partial charge in [-0.05, 0) is 66.5 Å². The van der Waals surface area contributed by atoms with Crippen LogP contribution < -0.4 is 16.0 Å². The van der Waals surface area contributed by atoms with Crippen molar-refractivity contribution in [2.75, 3.05) is 11.9 Å². The summed E-state index contributed by atoms with van der Waals surface area (Å²) >= 11 is 12.0. The van der Waals surface area contributed by atoms with Crippen LogP contribution in [0.4, 0.5) is 5.69 Å². The standard InChI is InChI=1S/C17H18Cl2N2O.C6H11NO2.C5H12/c1-12(13-3-2-4-15(18)7-13)9-20-10-14-5-6-16(19)8-17(14)21-11-22;1-6(9)2-5(3-6)7-4-8;1-5(2,3)4/h2-8,11-12,20H,9-10H2,1H3,(H,21,22);4-5,9H,2-3H2,1H3,(H,7,8);1-4H3/t12-;;/m1../s1. The van der Waals surface area contributed by atoms with Crippen molar-refractivity contribution in [3.8, 4) is 0 Å². The van der Waals surface area contributed by atoms with Crippen LogP contribution in [0.5, 0.6) is 0 Å². The SMILES string of the molecule is CC(C)(C)C.CC1(O)CC(NC=O)C1.C[C@H](CNCc1ccc(Cl)cc1NC=O)c1cccc(Cl)c1. The molecule has 6 nitrogen and oxygen atoms in total. The molecule has 200 valence electrons. The van der Waals surface area contributed by atoms with Gasteiger partial charge in [-0.15, -0.1) is 0 Å². The Morgan fingerprint density at radius 3 is 2.19 bits per heavy atom. The van der Waals surface area contributed by atoms with Crippen LogP contribution in [0.1, 0.15) is 71.4 Å². The van der Waals surface area contributed by atoms with E-state index in [1.165, 1.54) is 5.56 Å². The van der Waals surface area contributed by atoms with Gasteiger partial charge in [-0.2, -0.15) is 0 Å². The van der Waals surface area contributed by atoms with Crippen LogP contribution in [0.2, 0.25) is 10.0 Å². The molecule has 0 aromatic heterocycles. The maximum atomic E-state index is 10.6. The van der Waals surface area contributed by atoms with E-state index in [9.17, 15) is 9.59 Å². The molecular formula is C28H41Cl2N3O3. The van der Waals surface area contributed by atoms with E-state index in [0.29, 0.717) is 48.6 Å². The third-order valence-electron chi connectivity index (χ3n) is 5.15. The molecule has 36 heavy (non-hydrogen) atoms. The maximum Gasteiger partial charge on any atom is 0.211 e. The summed E-state index contributed by atoms with van der Waals surface area (Å²) in [4.78, 5) is 20.5. The Kier molecular flexibility index (Phi) is 13.5. The van der Waals surface area contributed by atoms with Gasteiger partial charge >= 0.3 is 0 Å². The molecule has 3 rings (SSSR count). The molecule has 2 aromatic rings. The average Bonchev–Trinajstić information content (AvgIpc) is 2.74. The molecule has 1 atom stereocenters. The van der Waals surface area contributed by atoms with Crippen molar-refractivity contribution in [2.24, 2.45) is 5.41 Å². The van der Waals surface area contributed by atoms with E-state index in [0.717, 1.165) is 22.8 Å². The van der Waals surface area contributed by atoms with E-state index in [2.05, 4.69) is 56.6 Å². The fraction of sp³-hybridized carbons (Fsp3) is 0.500. The van der Waals surface area contributed by atoms with Gasteiger partial charge in [0.05, 0.1) is 5.60 Å². The van der Waals surface area contributed by atoms with E-state index in [1.807, 2.05) is 30.3 Å². The zero-order valence-electron chi connectivity index (χ0n) is 22.2. The maximum absolute atomic E-state index is 10.6. The molecule has 0 bridgehead atoms. The van der Waals surface area contributed by atoms with Crippen molar-refractivity contribution in [1.82, 2.24) is 10.6 Å². The Morgan fingerprint density at radius 1 is 1.06 bits per heavy atom. The highest BCUT2D eigenvalue weighted by molar-refractivity contribution is 6.31. The van der Waals surface area contributed by atoms with Crippen LogP contribution in [0, 0.1) is 5.41 Å². The number of carbonyl (C=O) groups excluding carboxylic acids is 2. The lowest BCUT2D eigenvalue weighted by atomic mass is 9.77. The summed E-state index contributed by atoms with van der Waals surface area (Å²) in [6.07, 6.45) is 2.71. The van der Waals surface area contributed by atoms with Crippen molar-refractivity contribution in [3.63, 3.8) is 0 Å². The first-order valence-corrected chi connectivity index (χ1v) is 12.9. The Labute approximate surface area is 226 Å². The lowest BCUT2D eigenvalue weighted by Gasteiger charge is -2.40. The quantitative estimate of drug-likeness (QED) is 0.288. The number of amides is 2. The van der Waals surface area contributed by atoms with Crippen molar-refractivity contribution >= 4 is 41.7 Å². The first-order chi connectivity index (χ1) is 16.7. The Balaban J connectivity index is 0.000000379. The molecule has 0 heterocycles. The van der Waals surface area contributed by atoms with Gasteiger partial charge in [0.15, 0.2) is 0 Å². The fourth-order valence-electron chi connectivity index (χ4n) is 3.47. The van der Waals surface area contributed by atoms with E-state index < -0.39 is 5.60 Å². The second-order valence-electron chi connectivity index (χ2n) is 11.0. The molecule has 0 saturated heterocycles. The summed E-state index contributed by atoms with van der Waals surface area (Å²) in [6.45, 7) is 14.1. The highest BCUT2D eigenvalue weighted by Gasteiger charge is 2.37. The number of carbonyl (C=O) groups is 2. The molecule has 0 spiro atoms. The first kappa shape index (κ1) is 31.9. The normalized spacial score (nSPS) is 19.3. The second-order valence-corrected chi connectivity index (χ2v) is 11.9. The third-order valence-corrected chi connectivity index (χ3v) is 5.62. The van der Waals surface area contributed by atoms with E-state index in [-0.39, 0.29) is 6.04 Å². The largest absolute Gasteiger partial charge is 0.390 e. The third kappa shape index (κ3) is 13.8. The number of hydrogen-bond donors (Lipinski definition) is 4. The van der Waals surface area contributed by atoms with E-state index >= 15 is 0 Å². The van der Waals surface area contributed by atoms with Crippen LogP contribution >= 0.6 is 23.2 Å². The Bertz CT molecular complexity index is 947. The van der Waals surface area contributed by atoms with Gasteiger partial charge in [0.2, 0.25) is 12.8 Å². The number of nitrogens with one attached hydrogen (secondary N) is 3. The zero-order valence-corrected chi connectivity index (χ0v) is 23.7. The average molecular weight is 539 g/mol. The van der Waals surface area contributed by atoms with Crippen LogP contribution in [-0.2, 0) is 16.1 Å². The van der Waals surface area contributed by atoms with Crippen molar-refractivity contribution < 1.29 is 14.7 Å². The minimum atomic E-state index is -0.527. The Hall–Kier alpha value is -2.12. The van der Waals surface area contributed by atoms with Gasteiger partial charge in [0.25, 0.3) is 0 Å². The van der Waals surface area contributed by atoms with Crippen LogP contribution in [0.25, 0.3) is 0 Å². The number of halogens is 2. The van der Waals surface area contributed by atoms with Gasteiger partial charge in [0.1, 0.15) is 0 Å². The fourth-order valence-corrected chi connectivity index (χ4v) is 3.84. The molecule has 1 aliphatic rings. The molecule has 0 aliphatic heterocycles. The van der Waals surface area contributed by atoms with Crippen LogP contribution in [0.15, 0.2) is 42.5 Å². The summed E-state index contributed by atoms with van der Waals surface area (Å²) in [5.41, 5.74) is 2.89. The smallest absolute Gasteiger partial charge is 0.211 e. The van der Waals surface area contributed by atoms with Gasteiger partial charge in [-0.3, -0.25) is 9.59 Å². The summed E-state index contributed by atoms with van der Waals surface area (Å²) in [5.74, 6) is 0.341. The van der Waals surface area contributed by atoms with Gasteiger partial charge < -0.3 is 21.1 Å². The monoisotopic (exact) mass is 537 g/mol. The number of benzene rings is 2. The predicted molar refractivity (Wildman–Crippen MR) is 151 cm³/mol. The minimum Gasteiger partial charge on any atom is -0.390 e. The molecule has 0 unspecified atom stereocenters. The molecule has 1 saturated carbocycles. The topological polar surface area (TPSA) is 90.5 Å². The van der Waals surface area contributed by atoms with Gasteiger partial charge in [-0.1, -0.05) is 76.0 Å². The highest BCUT2D eigenvalue weighted by atomic mass is 35.5. The predicted octanol–water partition coefficient (Wildman–Crippen LogP) is 6.15. The van der Waals surface area contributed by atoms with Crippen molar-refractivity contribution in [3.05, 3.63) is 63.6 Å². The molecule has 2 amide bonds. The van der Waals surface area contributed by atoms with E-state index in [4.69, 9.17) is 28.3 Å². The minimum absolute atomic E-state index is 0.206. The first-order valence-electron chi connectivity index (χ1n) is 12.1. The molecule has 8 heteroatoms. The molecule has 4 N–H and O–H groups in total. The lowest BCUT2D eigenvalue weighted by Crippen LogP contribution is -2.51. The number of rotatable bonds is 9. The van der Waals surface area contributed by atoms with Crippen LogP contribution in [0.3, 0.4) is 0 Å². The summed E-state index contributed by atoms with van der Waals surface area (Å²) in [5, 5.41) is 19.2. The van der Waals surface area contributed by atoms with Crippen LogP contribution in [-0.4, -0.2) is 36.1 Å². The van der Waals surface area contributed by atoms with E-state index in [1.54, 1.807) is 13.0 Å². The molecule has 1 aliphatic carbocycles. The van der Waals surface area contributed by atoms with Crippen molar-refractivity contribution in [1.29, 1.82) is 0 Å². The summed E-state index contributed by atoms with van der Waals surface area (Å²) in [6, 6.07) is 13.6. The molecule has 1 fully saturated rings. The highest BCUT2D eigenvalue weighted by Crippen LogP contribution is 2.30.